The van der Waals surface area contributed by atoms with E-state index in [-0.39, 0.29) is 41.5 Å². The number of primary amides is 1. The Morgan fingerprint density at radius 1 is 1.38 bits per heavy atom. The molecule has 4 N–H and O–H groups in total. The molecular formula is C21H22FN5O2. The summed E-state index contributed by atoms with van der Waals surface area (Å²) in [6.07, 6.45) is 7.65. The number of nitrogens with two attached hydrogens (primary N) is 1. The third-order valence-electron chi connectivity index (χ3n) is 5.29. The van der Waals surface area contributed by atoms with Crippen LogP contribution in [0.1, 0.15) is 6.42 Å². The van der Waals surface area contributed by atoms with Gasteiger partial charge in [0.25, 0.3) is 0 Å². The predicted molar refractivity (Wildman–Crippen MR) is 108 cm³/mol. The second-order valence-electron chi connectivity index (χ2n) is 7.19. The average Bonchev–Trinajstić information content (AvgIpc) is 3.31. The van der Waals surface area contributed by atoms with Crippen LogP contribution in [0.15, 0.2) is 55.3 Å². The lowest BCUT2D eigenvalue weighted by atomic mass is 9.88. The molecule has 29 heavy (non-hydrogen) atoms. The van der Waals surface area contributed by atoms with Crippen LogP contribution in [0.2, 0.25) is 0 Å². The van der Waals surface area contributed by atoms with Crippen molar-refractivity contribution in [1.82, 2.24) is 9.97 Å². The minimum absolute atomic E-state index is 0.0405. The van der Waals surface area contributed by atoms with Crippen LogP contribution in [0.25, 0.3) is 0 Å². The minimum Gasteiger partial charge on any atom is -0.489 e. The van der Waals surface area contributed by atoms with Crippen LogP contribution in [0, 0.1) is 23.6 Å². The smallest absolute Gasteiger partial charge is 0.229 e. The van der Waals surface area contributed by atoms with E-state index in [1.807, 2.05) is 24.3 Å². The topological polar surface area (TPSA) is 102 Å². The molecule has 2 aromatic rings. The number of fused-ring (bicyclic) bond motifs is 2. The standard InChI is InChI=1S/C21H22FN5O2/c1-2-8-29-15-5-3-4-14(10-15)25-21-24-11-16(22)20(27-21)26-18-13-7-6-12(9-13)17(18)19(23)28/h2-7,10-13,17-18H,1,8-9H2,(H2,23,28)(H2,24,25,26,27)/t12-,13+,17-,18+/m0/s1. The summed E-state index contributed by atoms with van der Waals surface area (Å²) in [4.78, 5) is 20.1. The van der Waals surface area contributed by atoms with E-state index in [2.05, 4.69) is 33.3 Å². The highest BCUT2D eigenvalue weighted by atomic mass is 19.1. The number of carbonyl (C=O) groups excluding carboxylic acids is 1. The van der Waals surface area contributed by atoms with Crippen molar-refractivity contribution >= 4 is 23.4 Å². The van der Waals surface area contributed by atoms with E-state index in [4.69, 9.17) is 10.5 Å². The zero-order valence-corrected chi connectivity index (χ0v) is 15.7. The van der Waals surface area contributed by atoms with Crippen LogP contribution >= 0.6 is 0 Å². The summed E-state index contributed by atoms with van der Waals surface area (Å²) in [6.45, 7) is 4.01. The molecule has 0 aliphatic heterocycles. The lowest BCUT2D eigenvalue weighted by Crippen LogP contribution is -2.41. The first-order chi connectivity index (χ1) is 14.0. The van der Waals surface area contributed by atoms with E-state index in [0.717, 1.165) is 12.6 Å². The number of anilines is 3. The normalized spacial score (nSPS) is 24.3. The van der Waals surface area contributed by atoms with Gasteiger partial charge in [-0.25, -0.2) is 9.37 Å². The number of hydrogen-bond acceptors (Lipinski definition) is 6. The maximum Gasteiger partial charge on any atom is 0.229 e. The van der Waals surface area contributed by atoms with Crippen LogP contribution in [0.4, 0.5) is 21.8 Å². The number of aromatic nitrogens is 2. The number of allylic oxidation sites excluding steroid dienone is 1. The molecule has 1 aromatic carbocycles. The Bertz CT molecular complexity index is 964. The van der Waals surface area contributed by atoms with Crippen LogP contribution in [0.5, 0.6) is 5.75 Å². The van der Waals surface area contributed by atoms with Crippen molar-refractivity contribution in [3.05, 3.63) is 61.1 Å². The SMILES string of the molecule is C=CCOc1cccc(Nc2ncc(F)c(N[C@H]3[C@@H](C(N)=O)[C@H]4C=C[C@@H]3C4)n2)c1. The van der Waals surface area contributed by atoms with Gasteiger partial charge in [-0.1, -0.05) is 30.9 Å². The van der Waals surface area contributed by atoms with Crippen molar-refractivity contribution < 1.29 is 13.9 Å². The Kier molecular flexibility index (Phi) is 5.16. The quantitative estimate of drug-likeness (QED) is 0.594. The maximum atomic E-state index is 14.4. The molecule has 1 heterocycles. The number of carbonyl (C=O) groups is 1. The number of rotatable bonds is 8. The molecule has 8 heteroatoms. The van der Waals surface area contributed by atoms with E-state index in [1.54, 1.807) is 12.1 Å². The summed E-state index contributed by atoms with van der Waals surface area (Å²) >= 11 is 0. The Labute approximate surface area is 167 Å². The number of hydrogen-bond donors (Lipinski definition) is 3. The molecule has 0 spiro atoms. The highest BCUT2D eigenvalue weighted by molar-refractivity contribution is 5.79. The summed E-state index contributed by atoms with van der Waals surface area (Å²) in [6, 6.07) is 6.97. The predicted octanol–water partition coefficient (Wildman–Crippen LogP) is 3.01. The summed E-state index contributed by atoms with van der Waals surface area (Å²) in [7, 11) is 0. The molecule has 2 aliphatic carbocycles. The molecule has 7 nitrogen and oxygen atoms in total. The molecule has 0 saturated heterocycles. The van der Waals surface area contributed by atoms with Gasteiger partial charge >= 0.3 is 0 Å². The van der Waals surface area contributed by atoms with E-state index >= 15 is 0 Å². The molecule has 2 aliphatic rings. The molecule has 1 amide bonds. The van der Waals surface area contributed by atoms with Crippen LogP contribution in [-0.2, 0) is 4.79 Å². The molecule has 0 unspecified atom stereocenters. The molecule has 4 rings (SSSR count). The van der Waals surface area contributed by atoms with Gasteiger partial charge in [-0.15, -0.1) is 0 Å². The van der Waals surface area contributed by atoms with Crippen molar-refractivity contribution in [3.63, 3.8) is 0 Å². The van der Waals surface area contributed by atoms with Crippen LogP contribution < -0.4 is 21.1 Å². The third-order valence-corrected chi connectivity index (χ3v) is 5.29. The first-order valence-corrected chi connectivity index (χ1v) is 9.42. The van der Waals surface area contributed by atoms with Gasteiger partial charge in [0.2, 0.25) is 11.9 Å². The first kappa shape index (κ1) is 18.9. The van der Waals surface area contributed by atoms with Crippen molar-refractivity contribution in [2.24, 2.45) is 23.5 Å². The van der Waals surface area contributed by atoms with Crippen molar-refractivity contribution in [2.45, 2.75) is 12.5 Å². The maximum absolute atomic E-state index is 14.4. The number of benzene rings is 1. The highest BCUT2D eigenvalue weighted by Crippen LogP contribution is 2.44. The molecule has 150 valence electrons. The molecule has 2 bridgehead atoms. The Morgan fingerprint density at radius 3 is 3.00 bits per heavy atom. The fraction of sp³-hybridized carbons (Fsp3) is 0.286. The Balaban J connectivity index is 1.52. The molecular weight excluding hydrogens is 373 g/mol. The van der Waals surface area contributed by atoms with Crippen molar-refractivity contribution in [2.75, 3.05) is 17.2 Å². The Hall–Kier alpha value is -3.42. The minimum atomic E-state index is -0.589. The fourth-order valence-corrected chi connectivity index (χ4v) is 4.04. The van der Waals surface area contributed by atoms with E-state index in [9.17, 15) is 9.18 Å². The molecule has 1 fully saturated rings. The average molecular weight is 395 g/mol. The van der Waals surface area contributed by atoms with E-state index in [1.165, 1.54) is 0 Å². The van der Waals surface area contributed by atoms with Crippen LogP contribution in [-0.4, -0.2) is 28.5 Å². The summed E-state index contributed by atoms with van der Waals surface area (Å²) in [5.41, 5.74) is 6.27. The summed E-state index contributed by atoms with van der Waals surface area (Å²) in [5.74, 6) is -0.208. The fourth-order valence-electron chi connectivity index (χ4n) is 4.04. The zero-order valence-electron chi connectivity index (χ0n) is 15.7. The van der Waals surface area contributed by atoms with E-state index < -0.39 is 5.82 Å². The lowest BCUT2D eigenvalue weighted by Gasteiger charge is -2.27. The first-order valence-electron chi connectivity index (χ1n) is 9.42. The van der Waals surface area contributed by atoms with Gasteiger partial charge in [-0.05, 0) is 30.4 Å². The number of nitrogens with zero attached hydrogens (tertiary/aromatic N) is 2. The van der Waals surface area contributed by atoms with E-state index in [0.29, 0.717) is 18.0 Å². The highest BCUT2D eigenvalue weighted by Gasteiger charge is 2.47. The van der Waals surface area contributed by atoms with Gasteiger partial charge in [0.15, 0.2) is 11.6 Å². The van der Waals surface area contributed by atoms with Gasteiger partial charge < -0.3 is 21.1 Å². The Morgan fingerprint density at radius 2 is 2.21 bits per heavy atom. The second-order valence-corrected chi connectivity index (χ2v) is 7.19. The molecule has 0 radical (unpaired) electrons. The molecule has 4 atom stereocenters. The van der Waals surface area contributed by atoms with Gasteiger partial charge in [0, 0.05) is 17.8 Å². The zero-order chi connectivity index (χ0) is 20.4. The number of ether oxygens (including phenoxy) is 1. The monoisotopic (exact) mass is 395 g/mol. The van der Waals surface area contributed by atoms with Crippen LogP contribution in [0.3, 0.4) is 0 Å². The van der Waals surface area contributed by atoms with Crippen molar-refractivity contribution in [3.8, 4) is 5.75 Å². The van der Waals surface area contributed by atoms with Gasteiger partial charge in [-0.3, -0.25) is 4.79 Å². The van der Waals surface area contributed by atoms with Gasteiger partial charge in [-0.2, -0.15) is 4.98 Å². The largest absolute Gasteiger partial charge is 0.489 e. The number of amides is 1. The molecule has 1 aromatic heterocycles. The summed E-state index contributed by atoms with van der Waals surface area (Å²) in [5, 5.41) is 6.12. The summed E-state index contributed by atoms with van der Waals surface area (Å²) < 4.78 is 19.9. The van der Waals surface area contributed by atoms with Gasteiger partial charge in [0.1, 0.15) is 12.4 Å². The number of nitrogens with one attached hydrogen (secondary N) is 2. The number of halogens is 1. The van der Waals surface area contributed by atoms with Gasteiger partial charge in [0.05, 0.1) is 12.1 Å². The second kappa shape index (κ2) is 7.90. The molecule has 1 saturated carbocycles. The third kappa shape index (κ3) is 3.91. The van der Waals surface area contributed by atoms with Crippen molar-refractivity contribution in [1.29, 1.82) is 0 Å². The lowest BCUT2D eigenvalue weighted by molar-refractivity contribution is -0.122.